The number of nitrogens with one attached hydrogen (secondary N) is 2. The maximum atomic E-state index is 13.1. The fourth-order valence-electron chi connectivity index (χ4n) is 2.98. The Morgan fingerprint density at radius 2 is 2.04 bits per heavy atom. The first-order valence-corrected chi connectivity index (χ1v) is 9.39. The minimum atomic E-state index is -0.904. The van der Waals surface area contributed by atoms with Gasteiger partial charge in [-0.2, -0.15) is 0 Å². The summed E-state index contributed by atoms with van der Waals surface area (Å²) in [7, 11) is 1.74. The summed E-state index contributed by atoms with van der Waals surface area (Å²) in [5.41, 5.74) is 0. The highest BCUT2D eigenvalue weighted by atomic mass is 19.2. The van der Waals surface area contributed by atoms with Crippen LogP contribution in [0.5, 0.6) is 5.75 Å². The Bertz CT molecular complexity index is 575. The van der Waals surface area contributed by atoms with E-state index in [1.165, 1.54) is 25.5 Å². The molecule has 7 heteroatoms. The second-order valence-electron chi connectivity index (χ2n) is 6.54. The van der Waals surface area contributed by atoms with E-state index >= 15 is 0 Å². The van der Waals surface area contributed by atoms with E-state index in [0.29, 0.717) is 24.9 Å². The van der Waals surface area contributed by atoms with Gasteiger partial charge in [-0.05, 0) is 37.9 Å². The van der Waals surface area contributed by atoms with Crippen LogP contribution in [0.15, 0.2) is 23.2 Å². The summed E-state index contributed by atoms with van der Waals surface area (Å²) in [6.45, 7) is 6.51. The monoisotopic (exact) mass is 368 g/mol. The molecule has 26 heavy (non-hydrogen) atoms. The van der Waals surface area contributed by atoms with Gasteiger partial charge in [0, 0.05) is 32.2 Å². The molecule has 0 atom stereocenters. The van der Waals surface area contributed by atoms with Gasteiger partial charge < -0.3 is 20.3 Å². The summed E-state index contributed by atoms with van der Waals surface area (Å²) in [4.78, 5) is 6.76. The summed E-state index contributed by atoms with van der Waals surface area (Å²) in [5.74, 6) is -0.724. The van der Waals surface area contributed by atoms with Crippen molar-refractivity contribution < 1.29 is 13.5 Å². The lowest BCUT2D eigenvalue weighted by atomic mass is 10.0. The van der Waals surface area contributed by atoms with Crippen LogP contribution in [0.3, 0.4) is 0 Å². The van der Waals surface area contributed by atoms with Gasteiger partial charge in [-0.1, -0.05) is 13.3 Å². The highest BCUT2D eigenvalue weighted by molar-refractivity contribution is 5.79. The molecule has 0 unspecified atom stereocenters. The molecule has 1 aliphatic heterocycles. The van der Waals surface area contributed by atoms with Crippen molar-refractivity contribution in [1.29, 1.82) is 0 Å². The molecule has 1 saturated heterocycles. The van der Waals surface area contributed by atoms with E-state index < -0.39 is 11.6 Å². The van der Waals surface area contributed by atoms with Gasteiger partial charge in [-0.15, -0.1) is 0 Å². The standard InChI is InChI=1S/C19H30F2N4O/c1-3-4-10-25-11-7-15(8-12-25)24-19(22-2)23-9-13-26-16-5-6-17(20)18(21)14-16/h5-6,14-15H,3-4,7-13H2,1-2H3,(H2,22,23,24). The van der Waals surface area contributed by atoms with Crippen molar-refractivity contribution in [2.45, 2.75) is 38.6 Å². The predicted octanol–water partition coefficient (Wildman–Crippen LogP) is 2.77. The fourth-order valence-corrected chi connectivity index (χ4v) is 2.98. The van der Waals surface area contributed by atoms with Gasteiger partial charge in [-0.25, -0.2) is 8.78 Å². The lowest BCUT2D eigenvalue weighted by Gasteiger charge is -2.33. The topological polar surface area (TPSA) is 48.9 Å². The number of hydrogen-bond donors (Lipinski definition) is 2. The van der Waals surface area contributed by atoms with E-state index in [2.05, 4.69) is 27.4 Å². The molecule has 2 rings (SSSR count). The number of piperidine rings is 1. The second-order valence-corrected chi connectivity index (χ2v) is 6.54. The van der Waals surface area contributed by atoms with Gasteiger partial charge in [0.25, 0.3) is 0 Å². The van der Waals surface area contributed by atoms with Crippen molar-refractivity contribution in [3.63, 3.8) is 0 Å². The third-order valence-electron chi connectivity index (χ3n) is 4.53. The molecular weight excluding hydrogens is 338 g/mol. The number of nitrogens with zero attached hydrogens (tertiary/aromatic N) is 2. The van der Waals surface area contributed by atoms with Crippen LogP contribution in [0.25, 0.3) is 0 Å². The van der Waals surface area contributed by atoms with Gasteiger partial charge in [0.1, 0.15) is 12.4 Å². The first-order chi connectivity index (χ1) is 12.6. The molecule has 0 spiro atoms. The number of aliphatic imine (C=N–C) groups is 1. The minimum absolute atomic E-state index is 0.313. The summed E-state index contributed by atoms with van der Waals surface area (Å²) in [6, 6.07) is 3.95. The molecule has 1 aromatic carbocycles. The number of unbranched alkanes of at least 4 members (excludes halogenated alkanes) is 1. The van der Waals surface area contributed by atoms with Crippen LogP contribution >= 0.6 is 0 Å². The van der Waals surface area contributed by atoms with Crippen molar-refractivity contribution in [2.24, 2.45) is 4.99 Å². The Morgan fingerprint density at radius 3 is 2.69 bits per heavy atom. The van der Waals surface area contributed by atoms with Gasteiger partial charge in [-0.3, -0.25) is 4.99 Å². The zero-order valence-electron chi connectivity index (χ0n) is 15.7. The number of guanidine groups is 1. The first kappa shape index (κ1) is 20.4. The zero-order valence-corrected chi connectivity index (χ0v) is 15.7. The van der Waals surface area contributed by atoms with E-state index in [1.807, 2.05) is 0 Å². The van der Waals surface area contributed by atoms with Gasteiger partial charge in [0.2, 0.25) is 0 Å². The third kappa shape index (κ3) is 6.78. The van der Waals surface area contributed by atoms with Crippen LogP contribution in [0, 0.1) is 11.6 Å². The average molecular weight is 368 g/mol. The zero-order chi connectivity index (χ0) is 18.8. The molecule has 1 aliphatic rings. The molecule has 5 nitrogen and oxygen atoms in total. The molecule has 1 fully saturated rings. The fraction of sp³-hybridized carbons (Fsp3) is 0.632. The largest absolute Gasteiger partial charge is 0.492 e. The number of halogens is 2. The van der Waals surface area contributed by atoms with Crippen molar-refractivity contribution in [3.05, 3.63) is 29.8 Å². The van der Waals surface area contributed by atoms with Crippen LogP contribution < -0.4 is 15.4 Å². The molecule has 0 bridgehead atoms. The number of rotatable bonds is 8. The van der Waals surface area contributed by atoms with Crippen LogP contribution in [0.1, 0.15) is 32.6 Å². The van der Waals surface area contributed by atoms with E-state index in [9.17, 15) is 8.78 Å². The van der Waals surface area contributed by atoms with Crippen molar-refractivity contribution in [2.75, 3.05) is 39.8 Å². The smallest absolute Gasteiger partial charge is 0.191 e. The number of likely N-dealkylation sites (tertiary alicyclic amines) is 1. The van der Waals surface area contributed by atoms with Crippen molar-refractivity contribution in [1.82, 2.24) is 15.5 Å². The second kappa shape index (κ2) is 11.0. The van der Waals surface area contributed by atoms with Crippen molar-refractivity contribution >= 4 is 5.96 Å². The van der Waals surface area contributed by atoms with Gasteiger partial charge in [0.05, 0.1) is 6.54 Å². The summed E-state index contributed by atoms with van der Waals surface area (Å²) in [6.07, 6.45) is 4.71. The van der Waals surface area contributed by atoms with Crippen LogP contribution in [-0.2, 0) is 0 Å². The van der Waals surface area contributed by atoms with Crippen molar-refractivity contribution in [3.8, 4) is 5.75 Å². The van der Waals surface area contributed by atoms with E-state index in [4.69, 9.17) is 4.74 Å². The predicted molar refractivity (Wildman–Crippen MR) is 101 cm³/mol. The number of hydrogen-bond acceptors (Lipinski definition) is 3. The molecule has 0 radical (unpaired) electrons. The third-order valence-corrected chi connectivity index (χ3v) is 4.53. The Labute approximate surface area is 154 Å². The molecule has 2 N–H and O–H groups in total. The van der Waals surface area contributed by atoms with E-state index in [0.717, 1.165) is 44.0 Å². The normalized spacial score (nSPS) is 16.5. The lowest BCUT2D eigenvalue weighted by molar-refractivity contribution is 0.203. The molecule has 0 aromatic heterocycles. The molecular formula is C19H30F2N4O. The SMILES string of the molecule is CCCCN1CCC(NC(=NC)NCCOc2ccc(F)c(F)c2)CC1. The van der Waals surface area contributed by atoms with Crippen LogP contribution in [-0.4, -0.2) is 56.7 Å². The molecule has 1 heterocycles. The van der Waals surface area contributed by atoms with E-state index in [-0.39, 0.29) is 0 Å². The van der Waals surface area contributed by atoms with Crippen LogP contribution in [0.4, 0.5) is 8.78 Å². The highest BCUT2D eigenvalue weighted by Crippen LogP contribution is 2.15. The van der Waals surface area contributed by atoms with Crippen LogP contribution in [0.2, 0.25) is 0 Å². The Hall–Kier alpha value is -1.89. The number of ether oxygens (including phenoxy) is 1. The molecule has 0 aliphatic carbocycles. The Morgan fingerprint density at radius 1 is 1.27 bits per heavy atom. The summed E-state index contributed by atoms with van der Waals surface area (Å²) in [5, 5.41) is 6.64. The molecule has 146 valence electrons. The maximum Gasteiger partial charge on any atom is 0.191 e. The maximum absolute atomic E-state index is 13.1. The quantitative estimate of drug-likeness (QED) is 0.421. The molecule has 0 saturated carbocycles. The lowest BCUT2D eigenvalue weighted by Crippen LogP contribution is -2.49. The van der Waals surface area contributed by atoms with Gasteiger partial charge >= 0.3 is 0 Å². The minimum Gasteiger partial charge on any atom is -0.492 e. The highest BCUT2D eigenvalue weighted by Gasteiger charge is 2.19. The molecule has 1 aromatic rings. The Kier molecular flexibility index (Phi) is 8.61. The number of benzene rings is 1. The summed E-state index contributed by atoms with van der Waals surface area (Å²) < 4.78 is 31.4. The molecule has 0 amide bonds. The summed E-state index contributed by atoms with van der Waals surface area (Å²) >= 11 is 0. The first-order valence-electron chi connectivity index (χ1n) is 9.39. The van der Waals surface area contributed by atoms with Gasteiger partial charge in [0.15, 0.2) is 17.6 Å². The Balaban J connectivity index is 1.64. The van der Waals surface area contributed by atoms with E-state index in [1.54, 1.807) is 7.05 Å². The average Bonchev–Trinajstić information content (AvgIpc) is 2.66.